The zero-order valence-electron chi connectivity index (χ0n) is 11.9. The predicted octanol–water partition coefficient (Wildman–Crippen LogP) is 5.86. The normalized spacial score (nSPS) is 18.4. The van der Waals surface area contributed by atoms with Crippen LogP contribution in [0.25, 0.3) is 0 Å². The Kier molecular flexibility index (Phi) is 4.64. The van der Waals surface area contributed by atoms with Crippen molar-refractivity contribution in [2.24, 2.45) is 0 Å². The first-order chi connectivity index (χ1) is 7.35. The van der Waals surface area contributed by atoms with E-state index >= 15 is 0 Å². The van der Waals surface area contributed by atoms with E-state index in [0.717, 1.165) is 12.9 Å². The Morgan fingerprint density at radius 1 is 0.938 bits per heavy atom. The van der Waals surface area contributed by atoms with Crippen LogP contribution in [-0.4, -0.2) is 0 Å². The van der Waals surface area contributed by atoms with Gasteiger partial charge < -0.3 is 0 Å². The van der Waals surface area contributed by atoms with E-state index in [2.05, 4.69) is 60.6 Å². The molecule has 0 heterocycles. The molecular weight excluding hydrogens is 375 g/mol. The summed E-state index contributed by atoms with van der Waals surface area (Å²) in [5.41, 5.74) is 1.59. The molecule has 0 aromatic carbocycles. The van der Waals surface area contributed by atoms with E-state index < -0.39 is 16.1 Å². The minimum absolute atomic E-state index is 0.886. The van der Waals surface area contributed by atoms with E-state index in [1.54, 1.807) is 5.57 Å². The monoisotopic (exact) mass is 403 g/mol. The summed E-state index contributed by atoms with van der Waals surface area (Å²) in [7, 11) is 0. The van der Waals surface area contributed by atoms with Gasteiger partial charge in [0.25, 0.3) is 0 Å². The molecule has 1 aliphatic carbocycles. The van der Waals surface area contributed by atoms with Crippen LogP contribution in [0.15, 0.2) is 21.7 Å². The molecule has 98 valence electrons. The summed E-state index contributed by atoms with van der Waals surface area (Å²) in [6.07, 6.45) is 5.97. The molecule has 0 aromatic rings. The van der Waals surface area contributed by atoms with Gasteiger partial charge in [-0.25, -0.2) is 0 Å². The summed E-state index contributed by atoms with van der Waals surface area (Å²) in [6.45, 7) is 17.1. The Bertz CT molecular complexity index is 284. The van der Waals surface area contributed by atoms with Crippen LogP contribution in [0.2, 0.25) is 12.9 Å². The molecule has 1 heteroatoms. The molecule has 0 saturated heterocycles. The van der Waals surface area contributed by atoms with Crippen LogP contribution in [0.1, 0.15) is 54.9 Å². The first-order valence-electron chi connectivity index (χ1n) is 6.30. The van der Waals surface area contributed by atoms with Crippen molar-refractivity contribution >= 4 is 0 Å². The second kappa shape index (κ2) is 5.21. The van der Waals surface area contributed by atoms with Crippen LogP contribution in [0.3, 0.4) is 0 Å². The molecule has 1 aliphatic rings. The van der Waals surface area contributed by atoms with Crippen LogP contribution in [0.5, 0.6) is 0 Å². The van der Waals surface area contributed by atoms with Gasteiger partial charge in [-0.1, -0.05) is 0 Å². The van der Waals surface area contributed by atoms with Gasteiger partial charge in [0.05, 0.1) is 0 Å². The van der Waals surface area contributed by atoms with Crippen molar-refractivity contribution < 1.29 is 16.1 Å². The molecule has 0 nitrogen and oxygen atoms in total. The van der Waals surface area contributed by atoms with Gasteiger partial charge in [0.15, 0.2) is 0 Å². The van der Waals surface area contributed by atoms with Crippen molar-refractivity contribution in [1.29, 1.82) is 0 Å². The third kappa shape index (κ3) is 2.10. The van der Waals surface area contributed by atoms with E-state index in [4.69, 9.17) is 0 Å². The summed E-state index contributed by atoms with van der Waals surface area (Å²) in [5.74, 6) is 0. The molecule has 1 rings (SSSR count). The van der Waals surface area contributed by atoms with E-state index in [0.29, 0.717) is 0 Å². The van der Waals surface area contributed by atoms with Gasteiger partial charge in [0.2, 0.25) is 0 Å². The van der Waals surface area contributed by atoms with Crippen molar-refractivity contribution in [3.05, 3.63) is 21.7 Å². The third-order valence-corrected chi connectivity index (χ3v) is 20.0. The average molecular weight is 403 g/mol. The topological polar surface area (TPSA) is 0 Å². The molecule has 0 bridgehead atoms. The molecule has 0 aromatic heterocycles. The number of rotatable bonds is 4. The van der Waals surface area contributed by atoms with E-state index in [1.165, 1.54) is 6.42 Å². The summed E-state index contributed by atoms with van der Waals surface area (Å²) >= 11 is -1.85. The van der Waals surface area contributed by atoms with Gasteiger partial charge in [0.1, 0.15) is 0 Å². The second-order valence-corrected chi connectivity index (χ2v) is 18.6. The predicted molar refractivity (Wildman–Crippen MR) is 71.8 cm³/mol. The van der Waals surface area contributed by atoms with Gasteiger partial charge in [-0.3, -0.25) is 0 Å². The third-order valence-electron chi connectivity index (χ3n) is 3.20. The Morgan fingerprint density at radius 3 is 1.62 bits per heavy atom. The SMILES string of the molecule is CC1=[C]([Pt]([CH](C)C)([CH](C)C)[CH](C)C)CC=C1. The van der Waals surface area contributed by atoms with Gasteiger partial charge in [-0.2, -0.15) is 0 Å². The molecule has 16 heavy (non-hydrogen) atoms. The number of hydrogen-bond donors (Lipinski definition) is 0. The fraction of sp³-hybridized carbons (Fsp3) is 0.733. The standard InChI is InChI=1S/C6H7.3C3H7.Pt/c1-6-4-2-3-5-6;3*1-3-2;/h2,4H,3H2,1H3;3*3H,1-2H3;. The van der Waals surface area contributed by atoms with Crippen LogP contribution >= 0.6 is 0 Å². The van der Waals surface area contributed by atoms with Crippen LogP contribution < -0.4 is 0 Å². The summed E-state index contributed by atoms with van der Waals surface area (Å²) < 4.78 is 4.53. The van der Waals surface area contributed by atoms with E-state index in [9.17, 15) is 0 Å². The molecule has 0 aliphatic heterocycles. The molecule has 0 fully saturated rings. The van der Waals surface area contributed by atoms with Gasteiger partial charge in [0, 0.05) is 0 Å². The van der Waals surface area contributed by atoms with Crippen LogP contribution in [0.4, 0.5) is 0 Å². The van der Waals surface area contributed by atoms with Crippen molar-refractivity contribution in [3.63, 3.8) is 0 Å². The second-order valence-electron chi connectivity index (χ2n) is 5.07. The van der Waals surface area contributed by atoms with Crippen LogP contribution in [0, 0.1) is 0 Å². The molecular formula is C15H28Pt. The minimum atomic E-state index is -1.85. The van der Waals surface area contributed by atoms with E-state index in [1.807, 2.05) is 3.96 Å². The maximum atomic E-state index is 2.47. The van der Waals surface area contributed by atoms with Crippen molar-refractivity contribution in [2.45, 2.75) is 67.8 Å². The maximum absolute atomic E-state index is 2.47. The average Bonchev–Trinajstić information content (AvgIpc) is 2.51. The fourth-order valence-electron chi connectivity index (χ4n) is 2.83. The molecule has 0 saturated carbocycles. The van der Waals surface area contributed by atoms with Crippen molar-refractivity contribution in [1.82, 2.24) is 0 Å². The Balaban J connectivity index is 3.29. The zero-order chi connectivity index (χ0) is 12.5. The zero-order valence-corrected chi connectivity index (χ0v) is 14.2. The van der Waals surface area contributed by atoms with Crippen molar-refractivity contribution in [3.8, 4) is 0 Å². The van der Waals surface area contributed by atoms with Gasteiger partial charge >= 0.3 is 106 Å². The molecule has 0 N–H and O–H groups in total. The molecule has 0 unspecified atom stereocenters. The Labute approximate surface area is 105 Å². The van der Waals surface area contributed by atoms with E-state index in [-0.39, 0.29) is 0 Å². The Morgan fingerprint density at radius 2 is 1.38 bits per heavy atom. The number of hydrogen-bond acceptors (Lipinski definition) is 0. The van der Waals surface area contributed by atoms with Gasteiger partial charge in [-0.15, -0.1) is 0 Å². The first kappa shape index (κ1) is 14.2. The Hall–Kier alpha value is 0.168. The van der Waals surface area contributed by atoms with Crippen molar-refractivity contribution in [2.75, 3.05) is 0 Å². The molecule has 0 amide bonds. The quantitative estimate of drug-likeness (QED) is 0.552. The fourth-order valence-corrected chi connectivity index (χ4v) is 19.5. The summed E-state index contributed by atoms with van der Waals surface area (Å²) in [4.78, 5) is 0. The summed E-state index contributed by atoms with van der Waals surface area (Å²) in [5, 5.41) is 0. The number of allylic oxidation sites excluding steroid dienone is 4. The van der Waals surface area contributed by atoms with Crippen LogP contribution in [-0.2, 0) is 16.1 Å². The molecule has 0 radical (unpaired) electrons. The molecule has 0 spiro atoms. The molecule has 0 atom stereocenters. The van der Waals surface area contributed by atoms with Gasteiger partial charge in [-0.05, 0) is 0 Å². The summed E-state index contributed by atoms with van der Waals surface area (Å²) in [6, 6.07) is 0. The first-order valence-corrected chi connectivity index (χ1v) is 11.4.